The highest BCUT2D eigenvalue weighted by atomic mass is 16.5. The lowest BCUT2D eigenvalue weighted by molar-refractivity contribution is -0.119. The number of anilines is 1. The van der Waals surface area contributed by atoms with Gasteiger partial charge in [-0.25, -0.2) is 14.5 Å². The summed E-state index contributed by atoms with van der Waals surface area (Å²) < 4.78 is 6.91. The van der Waals surface area contributed by atoms with Gasteiger partial charge in [-0.2, -0.15) is 0 Å². The molecule has 0 atom stereocenters. The molecule has 7 nitrogen and oxygen atoms in total. The summed E-state index contributed by atoms with van der Waals surface area (Å²) in [5.74, 6) is -0.336. The number of hydrogen-bond acceptors (Lipinski definition) is 5. The summed E-state index contributed by atoms with van der Waals surface area (Å²) in [6, 6.07) is 24.9. The van der Waals surface area contributed by atoms with Crippen LogP contribution in [-0.4, -0.2) is 33.2 Å². The SMILES string of the molecule is CC(C)c1cccc(C(C)C)c1NC(=O)COC(=O)c1nc(-c2ccccc2)n(-c2ccccc2)n1. The van der Waals surface area contributed by atoms with Gasteiger partial charge in [0.2, 0.25) is 0 Å². The Balaban J connectivity index is 1.53. The van der Waals surface area contributed by atoms with Crippen molar-refractivity contribution >= 4 is 17.6 Å². The van der Waals surface area contributed by atoms with Crippen LogP contribution in [0.5, 0.6) is 0 Å². The Kier molecular flexibility index (Phi) is 7.59. The van der Waals surface area contributed by atoms with Crippen LogP contribution in [0, 0.1) is 0 Å². The first kappa shape index (κ1) is 24.9. The molecule has 7 heteroatoms. The van der Waals surface area contributed by atoms with Gasteiger partial charge in [0.15, 0.2) is 12.4 Å². The van der Waals surface area contributed by atoms with E-state index < -0.39 is 18.5 Å². The van der Waals surface area contributed by atoms with Crippen molar-refractivity contribution < 1.29 is 14.3 Å². The lowest BCUT2D eigenvalue weighted by atomic mass is 9.92. The van der Waals surface area contributed by atoms with Crippen LogP contribution in [0.3, 0.4) is 0 Å². The van der Waals surface area contributed by atoms with Crippen LogP contribution < -0.4 is 5.32 Å². The van der Waals surface area contributed by atoms with Crippen LogP contribution >= 0.6 is 0 Å². The van der Waals surface area contributed by atoms with Gasteiger partial charge in [0, 0.05) is 11.3 Å². The van der Waals surface area contributed by atoms with Gasteiger partial charge in [-0.3, -0.25) is 4.79 Å². The minimum atomic E-state index is -0.766. The van der Waals surface area contributed by atoms with Gasteiger partial charge in [0.25, 0.3) is 11.7 Å². The van der Waals surface area contributed by atoms with Crippen molar-refractivity contribution in [3.8, 4) is 17.1 Å². The number of hydrogen-bond donors (Lipinski definition) is 1. The highest BCUT2D eigenvalue weighted by molar-refractivity contribution is 5.95. The largest absolute Gasteiger partial charge is 0.450 e. The van der Waals surface area contributed by atoms with Crippen molar-refractivity contribution in [1.82, 2.24) is 14.8 Å². The highest BCUT2D eigenvalue weighted by Gasteiger charge is 2.22. The molecule has 0 saturated carbocycles. The number of aromatic nitrogens is 3. The Hall–Kier alpha value is -4.26. The third kappa shape index (κ3) is 5.51. The predicted octanol–water partition coefficient (Wildman–Crippen LogP) is 5.98. The van der Waals surface area contributed by atoms with Crippen molar-refractivity contribution in [3.63, 3.8) is 0 Å². The summed E-state index contributed by atoms with van der Waals surface area (Å²) in [5.41, 5.74) is 4.42. The number of carbonyl (C=O) groups excluding carboxylic acids is 2. The number of carbonyl (C=O) groups is 2. The topological polar surface area (TPSA) is 86.1 Å². The fourth-order valence-electron chi connectivity index (χ4n) is 3.99. The molecule has 0 unspecified atom stereocenters. The maximum Gasteiger partial charge on any atom is 0.378 e. The predicted molar refractivity (Wildman–Crippen MR) is 140 cm³/mol. The molecular weight excluding hydrogens is 452 g/mol. The third-order valence-electron chi connectivity index (χ3n) is 5.79. The zero-order valence-corrected chi connectivity index (χ0v) is 20.9. The molecule has 1 heterocycles. The molecule has 4 aromatic rings. The molecule has 36 heavy (non-hydrogen) atoms. The van der Waals surface area contributed by atoms with Gasteiger partial charge in [0.1, 0.15) is 0 Å². The monoisotopic (exact) mass is 482 g/mol. The number of esters is 1. The van der Waals surface area contributed by atoms with Crippen molar-refractivity contribution in [1.29, 1.82) is 0 Å². The van der Waals surface area contributed by atoms with E-state index >= 15 is 0 Å². The van der Waals surface area contributed by atoms with Crippen molar-refractivity contribution in [2.24, 2.45) is 0 Å². The van der Waals surface area contributed by atoms with Crippen LogP contribution in [0.1, 0.15) is 61.3 Å². The average Bonchev–Trinajstić information content (AvgIpc) is 3.34. The maximum absolute atomic E-state index is 12.8. The Labute approximate surface area is 211 Å². The summed E-state index contributed by atoms with van der Waals surface area (Å²) in [6.07, 6.45) is 0. The normalized spacial score (nSPS) is 11.1. The van der Waals surface area contributed by atoms with E-state index in [1.807, 2.05) is 78.9 Å². The Morgan fingerprint density at radius 3 is 2.00 bits per heavy atom. The second-order valence-electron chi connectivity index (χ2n) is 9.12. The molecule has 0 fully saturated rings. The Morgan fingerprint density at radius 1 is 0.833 bits per heavy atom. The first-order valence-electron chi connectivity index (χ1n) is 12.0. The van der Waals surface area contributed by atoms with Crippen molar-refractivity contribution in [2.45, 2.75) is 39.5 Å². The van der Waals surface area contributed by atoms with Gasteiger partial charge in [0.05, 0.1) is 5.69 Å². The zero-order valence-electron chi connectivity index (χ0n) is 20.9. The standard InChI is InChI=1S/C29H30N4O3/c1-19(2)23-16-11-17-24(20(3)4)26(23)30-25(34)18-36-29(35)27-31-28(21-12-7-5-8-13-21)33(32-27)22-14-9-6-10-15-22/h5-17,19-20H,18H2,1-4H3,(H,30,34). The van der Waals surface area contributed by atoms with E-state index in [0.29, 0.717) is 5.82 Å². The first-order valence-corrected chi connectivity index (χ1v) is 12.0. The Bertz CT molecular complexity index is 1260. The summed E-state index contributed by atoms with van der Waals surface area (Å²) in [5, 5.41) is 7.35. The van der Waals surface area contributed by atoms with Crippen molar-refractivity contribution in [2.75, 3.05) is 11.9 Å². The quantitative estimate of drug-likeness (QED) is 0.312. The van der Waals surface area contributed by atoms with E-state index in [1.54, 1.807) is 4.68 Å². The van der Waals surface area contributed by atoms with Gasteiger partial charge in [-0.15, -0.1) is 5.10 Å². The molecule has 0 spiro atoms. The average molecular weight is 483 g/mol. The fourth-order valence-corrected chi connectivity index (χ4v) is 3.99. The lowest BCUT2D eigenvalue weighted by Crippen LogP contribution is -2.23. The van der Waals surface area contributed by atoms with E-state index in [1.165, 1.54) is 0 Å². The molecule has 0 aliphatic carbocycles. The molecule has 0 aliphatic rings. The maximum atomic E-state index is 12.8. The number of nitrogens with zero attached hydrogens (tertiary/aromatic N) is 3. The van der Waals surface area contributed by atoms with Crippen LogP contribution in [0.15, 0.2) is 78.9 Å². The smallest absolute Gasteiger partial charge is 0.378 e. The highest BCUT2D eigenvalue weighted by Crippen LogP contribution is 2.32. The molecule has 4 rings (SSSR count). The van der Waals surface area contributed by atoms with Crippen LogP contribution in [-0.2, 0) is 9.53 Å². The van der Waals surface area contributed by atoms with E-state index in [9.17, 15) is 9.59 Å². The number of ether oxygens (including phenoxy) is 1. The van der Waals surface area contributed by atoms with Crippen LogP contribution in [0.2, 0.25) is 0 Å². The summed E-state index contributed by atoms with van der Waals surface area (Å²) in [6.45, 7) is 7.87. The molecule has 3 aromatic carbocycles. The van der Waals surface area contributed by atoms with E-state index in [4.69, 9.17) is 4.74 Å². The molecule has 0 aliphatic heterocycles. The summed E-state index contributed by atoms with van der Waals surface area (Å²) in [4.78, 5) is 30.1. The number of benzene rings is 3. The zero-order chi connectivity index (χ0) is 25.7. The van der Waals surface area contributed by atoms with Gasteiger partial charge in [-0.05, 0) is 35.1 Å². The van der Waals surface area contributed by atoms with E-state index in [0.717, 1.165) is 28.1 Å². The fraction of sp³-hybridized carbons (Fsp3) is 0.241. The minimum absolute atomic E-state index is 0.115. The Morgan fingerprint density at radius 2 is 1.42 bits per heavy atom. The summed E-state index contributed by atoms with van der Waals surface area (Å²) >= 11 is 0. The van der Waals surface area contributed by atoms with Gasteiger partial charge in [-0.1, -0.05) is 94.4 Å². The van der Waals surface area contributed by atoms with Gasteiger partial charge < -0.3 is 10.1 Å². The van der Waals surface area contributed by atoms with Crippen LogP contribution in [0.4, 0.5) is 5.69 Å². The molecule has 1 aromatic heterocycles. The summed E-state index contributed by atoms with van der Waals surface area (Å²) in [7, 11) is 0. The second kappa shape index (κ2) is 11.0. The number of para-hydroxylation sites is 2. The van der Waals surface area contributed by atoms with Crippen LogP contribution in [0.25, 0.3) is 17.1 Å². The number of nitrogens with one attached hydrogen (secondary N) is 1. The van der Waals surface area contributed by atoms with Gasteiger partial charge >= 0.3 is 5.97 Å². The molecule has 1 N–H and O–H groups in total. The molecule has 0 radical (unpaired) electrons. The minimum Gasteiger partial charge on any atom is -0.450 e. The van der Waals surface area contributed by atoms with E-state index in [2.05, 4.69) is 43.1 Å². The molecule has 0 saturated heterocycles. The number of rotatable bonds is 8. The second-order valence-corrected chi connectivity index (χ2v) is 9.12. The molecule has 1 amide bonds. The van der Waals surface area contributed by atoms with Crippen molar-refractivity contribution in [3.05, 3.63) is 95.8 Å². The molecule has 184 valence electrons. The molecule has 0 bridgehead atoms. The lowest BCUT2D eigenvalue weighted by Gasteiger charge is -2.20. The third-order valence-corrected chi connectivity index (χ3v) is 5.79. The first-order chi connectivity index (χ1) is 17.3. The number of amides is 1. The molecular formula is C29H30N4O3. The van der Waals surface area contributed by atoms with E-state index in [-0.39, 0.29) is 17.7 Å².